The van der Waals surface area contributed by atoms with E-state index in [1.807, 2.05) is 57.2 Å². The summed E-state index contributed by atoms with van der Waals surface area (Å²) in [5.41, 5.74) is 1.41. The molecular formula is C20H25NO4. The third kappa shape index (κ3) is 5.41. The monoisotopic (exact) mass is 343 g/mol. The van der Waals surface area contributed by atoms with Gasteiger partial charge in [0.2, 0.25) is 0 Å². The Morgan fingerprint density at radius 2 is 1.84 bits per heavy atom. The molecule has 0 aromatic heterocycles. The van der Waals surface area contributed by atoms with E-state index in [0.717, 1.165) is 11.3 Å². The molecule has 0 bridgehead atoms. The highest BCUT2D eigenvalue weighted by Gasteiger charge is 2.12. The van der Waals surface area contributed by atoms with Crippen LogP contribution < -0.4 is 19.5 Å². The molecule has 2 aromatic carbocycles. The number of benzene rings is 2. The molecule has 1 N–H and O–H groups in total. The highest BCUT2D eigenvalue weighted by molar-refractivity contribution is 5.94. The summed E-state index contributed by atoms with van der Waals surface area (Å²) < 4.78 is 16.7. The topological polar surface area (TPSA) is 56.8 Å². The summed E-state index contributed by atoms with van der Waals surface area (Å²) in [4.78, 5) is 12.2. The molecule has 0 aliphatic carbocycles. The zero-order valence-corrected chi connectivity index (χ0v) is 15.2. The zero-order chi connectivity index (χ0) is 18.2. The average Bonchev–Trinajstić information content (AvgIpc) is 2.60. The molecule has 0 aliphatic rings. The minimum Gasteiger partial charge on any atom is -0.497 e. The van der Waals surface area contributed by atoms with Gasteiger partial charge < -0.3 is 19.5 Å². The van der Waals surface area contributed by atoms with Crippen LogP contribution in [0.25, 0.3) is 0 Å². The van der Waals surface area contributed by atoms with E-state index in [0.29, 0.717) is 30.3 Å². The van der Waals surface area contributed by atoms with Crippen molar-refractivity contribution in [1.82, 2.24) is 5.32 Å². The summed E-state index contributed by atoms with van der Waals surface area (Å²) in [5.74, 6) is 2.03. The summed E-state index contributed by atoms with van der Waals surface area (Å²) in [6, 6.07) is 12.9. The molecule has 2 rings (SSSR count). The van der Waals surface area contributed by atoms with Crippen molar-refractivity contribution in [2.75, 3.05) is 13.7 Å². The maximum absolute atomic E-state index is 12.2. The Kier molecular flexibility index (Phi) is 6.69. The average molecular weight is 343 g/mol. The zero-order valence-electron chi connectivity index (χ0n) is 15.2. The lowest BCUT2D eigenvalue weighted by Crippen LogP contribution is -2.30. The lowest BCUT2D eigenvalue weighted by molar-refractivity contribution is 0.0943. The fourth-order valence-electron chi connectivity index (χ4n) is 2.33. The first kappa shape index (κ1) is 18.6. The molecular weight excluding hydrogens is 318 g/mol. The van der Waals surface area contributed by atoms with E-state index in [9.17, 15) is 4.79 Å². The summed E-state index contributed by atoms with van der Waals surface area (Å²) in [6.07, 6.45) is 0. The second-order valence-electron chi connectivity index (χ2n) is 5.85. The van der Waals surface area contributed by atoms with Gasteiger partial charge in [0, 0.05) is 23.2 Å². The number of hydrogen-bond acceptors (Lipinski definition) is 4. The van der Waals surface area contributed by atoms with Crippen LogP contribution >= 0.6 is 0 Å². The van der Waals surface area contributed by atoms with Crippen LogP contribution in [0.15, 0.2) is 42.5 Å². The number of hydrogen-bond donors (Lipinski definition) is 1. The largest absolute Gasteiger partial charge is 0.497 e. The Morgan fingerprint density at radius 1 is 1.08 bits per heavy atom. The summed E-state index contributed by atoms with van der Waals surface area (Å²) in [5, 5.41) is 2.89. The van der Waals surface area contributed by atoms with Crippen molar-refractivity contribution in [3.63, 3.8) is 0 Å². The van der Waals surface area contributed by atoms with Crippen molar-refractivity contribution in [2.24, 2.45) is 0 Å². The molecule has 2 aromatic rings. The molecule has 0 fully saturated rings. The molecule has 134 valence electrons. The SMILES string of the molecule is CCOc1ccc(C(=O)NC(C)C)cc1COc1cccc(OC)c1. The van der Waals surface area contributed by atoms with Gasteiger partial charge in [-0.2, -0.15) is 0 Å². The fraction of sp³-hybridized carbons (Fsp3) is 0.350. The first-order valence-electron chi connectivity index (χ1n) is 8.37. The Bertz CT molecular complexity index is 713. The molecule has 0 radical (unpaired) electrons. The number of nitrogens with one attached hydrogen (secondary N) is 1. The lowest BCUT2D eigenvalue weighted by atomic mass is 10.1. The van der Waals surface area contributed by atoms with Crippen LogP contribution in [0.1, 0.15) is 36.7 Å². The molecule has 0 saturated carbocycles. The standard InChI is InChI=1S/C20H25NO4/c1-5-24-19-10-9-15(20(22)21-14(2)3)11-16(19)13-25-18-8-6-7-17(12-18)23-4/h6-12,14H,5,13H2,1-4H3,(H,21,22). The predicted octanol–water partition coefficient (Wildman–Crippen LogP) is 3.81. The smallest absolute Gasteiger partial charge is 0.251 e. The highest BCUT2D eigenvalue weighted by atomic mass is 16.5. The van der Waals surface area contributed by atoms with Gasteiger partial charge in [0.15, 0.2) is 0 Å². The van der Waals surface area contributed by atoms with Gasteiger partial charge in [-0.25, -0.2) is 0 Å². The maximum Gasteiger partial charge on any atom is 0.251 e. The third-order valence-corrected chi connectivity index (χ3v) is 3.48. The fourth-order valence-corrected chi connectivity index (χ4v) is 2.33. The van der Waals surface area contributed by atoms with E-state index in [2.05, 4.69) is 5.32 Å². The summed E-state index contributed by atoms with van der Waals surface area (Å²) in [6.45, 7) is 6.62. The predicted molar refractivity (Wildman–Crippen MR) is 97.5 cm³/mol. The second kappa shape index (κ2) is 8.97. The van der Waals surface area contributed by atoms with Gasteiger partial charge in [-0.1, -0.05) is 6.07 Å². The van der Waals surface area contributed by atoms with Gasteiger partial charge in [0.1, 0.15) is 23.9 Å². The molecule has 0 heterocycles. The summed E-state index contributed by atoms with van der Waals surface area (Å²) in [7, 11) is 1.61. The first-order valence-corrected chi connectivity index (χ1v) is 8.37. The molecule has 0 atom stereocenters. The quantitative estimate of drug-likeness (QED) is 0.792. The van der Waals surface area contributed by atoms with Crippen LogP contribution in [0, 0.1) is 0 Å². The molecule has 0 spiro atoms. The minimum atomic E-state index is -0.110. The van der Waals surface area contributed by atoms with E-state index in [1.165, 1.54) is 0 Å². The van der Waals surface area contributed by atoms with Crippen molar-refractivity contribution in [3.05, 3.63) is 53.6 Å². The van der Waals surface area contributed by atoms with E-state index >= 15 is 0 Å². The van der Waals surface area contributed by atoms with Crippen LogP contribution in [0.3, 0.4) is 0 Å². The van der Waals surface area contributed by atoms with Crippen LogP contribution in [-0.2, 0) is 6.61 Å². The van der Waals surface area contributed by atoms with Gasteiger partial charge in [-0.05, 0) is 51.1 Å². The van der Waals surface area contributed by atoms with Gasteiger partial charge in [-0.3, -0.25) is 4.79 Å². The van der Waals surface area contributed by atoms with Crippen molar-refractivity contribution < 1.29 is 19.0 Å². The van der Waals surface area contributed by atoms with Crippen molar-refractivity contribution in [1.29, 1.82) is 0 Å². The van der Waals surface area contributed by atoms with E-state index < -0.39 is 0 Å². The van der Waals surface area contributed by atoms with Gasteiger partial charge in [0.05, 0.1) is 13.7 Å². The Morgan fingerprint density at radius 3 is 2.52 bits per heavy atom. The van der Waals surface area contributed by atoms with Crippen molar-refractivity contribution in [2.45, 2.75) is 33.4 Å². The number of rotatable bonds is 8. The van der Waals surface area contributed by atoms with Crippen LogP contribution in [0.2, 0.25) is 0 Å². The van der Waals surface area contributed by atoms with Crippen LogP contribution in [-0.4, -0.2) is 25.7 Å². The number of carbonyl (C=O) groups excluding carboxylic acids is 1. The number of carbonyl (C=O) groups is 1. The number of methoxy groups -OCH3 is 1. The van der Waals surface area contributed by atoms with Gasteiger partial charge >= 0.3 is 0 Å². The van der Waals surface area contributed by atoms with Gasteiger partial charge in [-0.15, -0.1) is 0 Å². The molecule has 0 saturated heterocycles. The van der Waals surface area contributed by atoms with Gasteiger partial charge in [0.25, 0.3) is 5.91 Å². The molecule has 1 amide bonds. The Hall–Kier alpha value is -2.69. The third-order valence-electron chi connectivity index (χ3n) is 3.48. The molecule has 5 nitrogen and oxygen atoms in total. The normalized spacial score (nSPS) is 10.4. The molecule has 5 heteroatoms. The van der Waals surface area contributed by atoms with E-state index in [-0.39, 0.29) is 11.9 Å². The first-order chi connectivity index (χ1) is 12.0. The highest BCUT2D eigenvalue weighted by Crippen LogP contribution is 2.24. The van der Waals surface area contributed by atoms with E-state index in [4.69, 9.17) is 14.2 Å². The van der Waals surface area contributed by atoms with Crippen molar-refractivity contribution >= 4 is 5.91 Å². The van der Waals surface area contributed by atoms with E-state index in [1.54, 1.807) is 13.2 Å². The number of ether oxygens (including phenoxy) is 3. The Balaban J connectivity index is 2.19. The molecule has 25 heavy (non-hydrogen) atoms. The summed E-state index contributed by atoms with van der Waals surface area (Å²) >= 11 is 0. The minimum absolute atomic E-state index is 0.0792. The van der Waals surface area contributed by atoms with Crippen LogP contribution in [0.4, 0.5) is 0 Å². The maximum atomic E-state index is 12.2. The number of amides is 1. The Labute approximate surface area is 148 Å². The van der Waals surface area contributed by atoms with Crippen molar-refractivity contribution in [3.8, 4) is 17.2 Å². The molecule has 0 aliphatic heterocycles. The lowest BCUT2D eigenvalue weighted by Gasteiger charge is -2.14. The second-order valence-corrected chi connectivity index (χ2v) is 5.85. The molecule has 0 unspecified atom stereocenters. The van der Waals surface area contributed by atoms with Crippen LogP contribution in [0.5, 0.6) is 17.2 Å².